The van der Waals surface area contributed by atoms with Gasteiger partial charge in [-0.3, -0.25) is 4.90 Å². The lowest BCUT2D eigenvalue weighted by Gasteiger charge is -2.31. The Morgan fingerprint density at radius 1 is 1.41 bits per heavy atom. The maximum Gasteiger partial charge on any atom is 0.325 e. The number of rotatable bonds is 2. The molecule has 1 N–H and O–H groups in total. The second-order valence-electron chi connectivity index (χ2n) is 5.90. The fraction of sp³-hybridized carbons (Fsp3) is 0.375. The van der Waals surface area contributed by atoms with E-state index in [1.165, 1.54) is 0 Å². The third-order valence-electron chi connectivity index (χ3n) is 4.42. The van der Waals surface area contributed by atoms with Crippen LogP contribution in [0.5, 0.6) is 5.75 Å². The fourth-order valence-electron chi connectivity index (χ4n) is 3.20. The van der Waals surface area contributed by atoms with Gasteiger partial charge in [0, 0.05) is 12.2 Å². The molecule has 1 unspecified atom stereocenters. The highest BCUT2D eigenvalue weighted by Gasteiger charge is 2.42. The molecule has 2 amide bonds. The second kappa shape index (κ2) is 4.76. The molecule has 3 heterocycles. The summed E-state index contributed by atoms with van der Waals surface area (Å²) in [6, 6.07) is 6.03. The molecule has 0 aliphatic carbocycles. The van der Waals surface area contributed by atoms with E-state index in [2.05, 4.69) is 9.97 Å². The van der Waals surface area contributed by atoms with Gasteiger partial charge >= 0.3 is 6.03 Å². The first-order chi connectivity index (χ1) is 10.6. The number of fused-ring (bicyclic) bond motifs is 3. The molecule has 1 aromatic carbocycles. The quantitative estimate of drug-likeness (QED) is 0.925. The number of nitrogens with one attached hydrogen (secondary N) is 1. The van der Waals surface area contributed by atoms with Crippen LogP contribution in [0.4, 0.5) is 10.5 Å². The molecule has 1 aromatic heterocycles. The molecule has 0 bridgehead atoms. The standard InChI is InChI=1S/C16H18N4O2/c1-10-4-3-5-14-15(10)22-8-12-6-19(16(21)20(12)14)7-13-11(2)17-9-18-13/h3-5,9,12H,6-8H2,1-2H3,(H,17,18). The van der Waals surface area contributed by atoms with E-state index >= 15 is 0 Å². The van der Waals surface area contributed by atoms with Crippen LogP contribution in [0.25, 0.3) is 0 Å². The Morgan fingerprint density at radius 3 is 3.05 bits per heavy atom. The van der Waals surface area contributed by atoms with E-state index in [1.807, 2.05) is 41.8 Å². The minimum absolute atomic E-state index is 0.0301. The molecule has 1 atom stereocenters. The number of nitrogens with zero attached hydrogens (tertiary/aromatic N) is 3. The number of imidazole rings is 1. The van der Waals surface area contributed by atoms with Gasteiger partial charge in [-0.05, 0) is 25.5 Å². The van der Waals surface area contributed by atoms with E-state index in [-0.39, 0.29) is 12.1 Å². The van der Waals surface area contributed by atoms with E-state index in [4.69, 9.17) is 4.74 Å². The maximum absolute atomic E-state index is 12.8. The van der Waals surface area contributed by atoms with Crippen LogP contribution in [-0.2, 0) is 6.54 Å². The SMILES string of the molecule is Cc1cccc2c1OCC1CN(Cc3nc[nH]c3C)C(=O)N21. The van der Waals surface area contributed by atoms with Crippen molar-refractivity contribution in [3.8, 4) is 5.75 Å². The van der Waals surface area contributed by atoms with Gasteiger partial charge in [0.25, 0.3) is 0 Å². The molecule has 2 aromatic rings. The number of amides is 2. The number of anilines is 1. The van der Waals surface area contributed by atoms with Crippen molar-refractivity contribution in [3.05, 3.63) is 41.5 Å². The number of hydrogen-bond donors (Lipinski definition) is 1. The van der Waals surface area contributed by atoms with E-state index in [1.54, 1.807) is 6.33 Å². The van der Waals surface area contributed by atoms with Gasteiger partial charge in [0.15, 0.2) is 0 Å². The summed E-state index contributed by atoms with van der Waals surface area (Å²) >= 11 is 0. The van der Waals surface area contributed by atoms with Crippen LogP contribution in [0, 0.1) is 13.8 Å². The molecule has 22 heavy (non-hydrogen) atoms. The summed E-state index contributed by atoms with van der Waals surface area (Å²) in [5.74, 6) is 0.824. The number of hydrogen-bond acceptors (Lipinski definition) is 3. The van der Waals surface area contributed by atoms with Crippen molar-refractivity contribution in [2.75, 3.05) is 18.1 Å². The van der Waals surface area contributed by atoms with Crippen LogP contribution in [0.3, 0.4) is 0 Å². The van der Waals surface area contributed by atoms with Crippen molar-refractivity contribution in [3.63, 3.8) is 0 Å². The predicted octanol–water partition coefficient (Wildman–Crippen LogP) is 2.23. The van der Waals surface area contributed by atoms with E-state index in [0.717, 1.165) is 28.4 Å². The maximum atomic E-state index is 12.8. The Hall–Kier alpha value is -2.50. The molecule has 114 valence electrons. The lowest BCUT2D eigenvalue weighted by molar-refractivity contribution is 0.218. The highest BCUT2D eigenvalue weighted by Crippen LogP contribution is 2.39. The highest BCUT2D eigenvalue weighted by molar-refractivity contribution is 5.97. The number of aryl methyl sites for hydroxylation is 2. The zero-order valence-electron chi connectivity index (χ0n) is 12.7. The minimum atomic E-state index is 0.0301. The van der Waals surface area contributed by atoms with Crippen molar-refractivity contribution >= 4 is 11.7 Å². The number of aromatic amines is 1. The number of H-pyrrole nitrogens is 1. The lowest BCUT2D eigenvalue weighted by Crippen LogP contribution is -2.41. The summed E-state index contributed by atoms with van der Waals surface area (Å²) in [4.78, 5) is 23.9. The molecule has 1 fully saturated rings. The Kier molecular flexibility index (Phi) is 2.85. The van der Waals surface area contributed by atoms with Crippen molar-refractivity contribution in [1.82, 2.24) is 14.9 Å². The first-order valence-corrected chi connectivity index (χ1v) is 7.44. The van der Waals surface area contributed by atoms with Crippen molar-refractivity contribution in [2.24, 2.45) is 0 Å². The van der Waals surface area contributed by atoms with Gasteiger partial charge in [0.1, 0.15) is 12.4 Å². The van der Waals surface area contributed by atoms with Gasteiger partial charge in [-0.1, -0.05) is 12.1 Å². The Morgan fingerprint density at radius 2 is 2.27 bits per heavy atom. The smallest absolute Gasteiger partial charge is 0.325 e. The van der Waals surface area contributed by atoms with Gasteiger partial charge in [-0.2, -0.15) is 0 Å². The van der Waals surface area contributed by atoms with Crippen molar-refractivity contribution in [2.45, 2.75) is 26.4 Å². The van der Waals surface area contributed by atoms with Gasteiger partial charge in [0.05, 0.1) is 30.3 Å². The summed E-state index contributed by atoms with van der Waals surface area (Å²) in [7, 11) is 0. The molecular formula is C16H18N4O2. The van der Waals surface area contributed by atoms with Crippen LogP contribution in [0.1, 0.15) is 17.0 Å². The number of carbonyl (C=O) groups is 1. The fourth-order valence-corrected chi connectivity index (χ4v) is 3.20. The molecule has 0 saturated carbocycles. The Labute approximate surface area is 128 Å². The number of urea groups is 1. The van der Waals surface area contributed by atoms with Crippen LogP contribution in [-0.4, -0.2) is 40.1 Å². The Balaban J connectivity index is 1.64. The van der Waals surface area contributed by atoms with Gasteiger partial charge in [-0.15, -0.1) is 0 Å². The molecule has 2 aliphatic heterocycles. The van der Waals surface area contributed by atoms with Crippen LogP contribution < -0.4 is 9.64 Å². The molecule has 6 heteroatoms. The van der Waals surface area contributed by atoms with Crippen LogP contribution in [0.15, 0.2) is 24.5 Å². The molecule has 4 rings (SSSR count). The normalized spacial score (nSPS) is 19.9. The summed E-state index contributed by atoms with van der Waals surface area (Å²) in [5, 5.41) is 0. The highest BCUT2D eigenvalue weighted by atomic mass is 16.5. The lowest BCUT2D eigenvalue weighted by atomic mass is 10.1. The van der Waals surface area contributed by atoms with Gasteiger partial charge in [-0.25, -0.2) is 9.78 Å². The summed E-state index contributed by atoms with van der Waals surface area (Å²) in [6.45, 7) is 5.71. The average molecular weight is 298 g/mol. The number of para-hydroxylation sites is 1. The number of benzene rings is 1. The first kappa shape index (κ1) is 13.2. The summed E-state index contributed by atoms with van der Waals surface area (Å²) in [6.07, 6.45) is 1.67. The summed E-state index contributed by atoms with van der Waals surface area (Å²) in [5.41, 5.74) is 3.86. The number of carbonyl (C=O) groups excluding carboxylic acids is 1. The monoisotopic (exact) mass is 298 g/mol. The molecule has 1 saturated heterocycles. The van der Waals surface area contributed by atoms with Crippen LogP contribution in [0.2, 0.25) is 0 Å². The summed E-state index contributed by atoms with van der Waals surface area (Å²) < 4.78 is 5.88. The first-order valence-electron chi connectivity index (χ1n) is 7.44. The molecule has 6 nitrogen and oxygen atoms in total. The topological polar surface area (TPSA) is 61.5 Å². The zero-order valence-corrected chi connectivity index (χ0v) is 12.7. The van der Waals surface area contributed by atoms with Gasteiger partial charge < -0.3 is 14.6 Å². The third kappa shape index (κ3) is 1.87. The van der Waals surface area contributed by atoms with E-state index < -0.39 is 0 Å². The van der Waals surface area contributed by atoms with Crippen molar-refractivity contribution in [1.29, 1.82) is 0 Å². The predicted molar refractivity (Wildman–Crippen MR) is 82.1 cm³/mol. The van der Waals surface area contributed by atoms with Crippen molar-refractivity contribution < 1.29 is 9.53 Å². The molecule has 2 aliphatic rings. The third-order valence-corrected chi connectivity index (χ3v) is 4.42. The average Bonchev–Trinajstić information content (AvgIpc) is 3.05. The largest absolute Gasteiger partial charge is 0.489 e. The number of ether oxygens (including phenoxy) is 1. The zero-order chi connectivity index (χ0) is 15.3. The molecular weight excluding hydrogens is 280 g/mol. The number of aromatic nitrogens is 2. The Bertz CT molecular complexity index is 739. The minimum Gasteiger partial charge on any atom is -0.489 e. The molecule has 0 radical (unpaired) electrons. The van der Waals surface area contributed by atoms with Gasteiger partial charge in [0.2, 0.25) is 0 Å². The second-order valence-corrected chi connectivity index (χ2v) is 5.90. The van der Waals surface area contributed by atoms with E-state index in [0.29, 0.717) is 19.7 Å². The molecule has 0 spiro atoms. The van der Waals surface area contributed by atoms with E-state index in [9.17, 15) is 4.79 Å². The van der Waals surface area contributed by atoms with Crippen LogP contribution >= 0.6 is 0 Å².